The van der Waals surface area contributed by atoms with Crippen LogP contribution in [0.3, 0.4) is 0 Å². The molecule has 0 saturated heterocycles. The van der Waals surface area contributed by atoms with Crippen molar-refractivity contribution in [2.75, 3.05) is 39.3 Å². The molecule has 0 bridgehead atoms. The Morgan fingerprint density at radius 1 is 0.692 bits per heavy atom. The monoisotopic (exact) mass is 562 g/mol. The van der Waals surface area contributed by atoms with Gasteiger partial charge in [-0.3, -0.25) is 29.6 Å². The van der Waals surface area contributed by atoms with Crippen molar-refractivity contribution in [3.05, 3.63) is 0 Å². The second-order valence-electron chi connectivity index (χ2n) is 9.51. The van der Waals surface area contributed by atoms with Gasteiger partial charge in [0.15, 0.2) is 0 Å². The summed E-state index contributed by atoms with van der Waals surface area (Å²) < 4.78 is 0. The van der Waals surface area contributed by atoms with Crippen molar-refractivity contribution in [3.8, 4) is 0 Å². The lowest BCUT2D eigenvalue weighted by atomic mass is 10.2. The average molecular weight is 563 g/mol. The molecule has 0 aromatic rings. The summed E-state index contributed by atoms with van der Waals surface area (Å²) in [6.07, 6.45) is 5.24. The largest absolute Gasteiger partial charge is 0.376 e. The predicted octanol–water partition coefficient (Wildman–Crippen LogP) is 0.714. The van der Waals surface area contributed by atoms with Crippen LogP contribution in [0.2, 0.25) is 0 Å². The van der Waals surface area contributed by atoms with Gasteiger partial charge in [0.2, 0.25) is 23.6 Å². The van der Waals surface area contributed by atoms with Crippen molar-refractivity contribution in [2.45, 2.75) is 96.6 Å². The average Bonchev–Trinajstić information content (AvgIpc) is 2.91. The fraction of sp³-hybridized carbons (Fsp3) is 0.840. The number of carbonyl (C=O) groups is 4. The third kappa shape index (κ3) is 21.2. The van der Waals surface area contributed by atoms with Gasteiger partial charge in [-0.15, -0.1) is 0 Å². The number of nitrogens with one attached hydrogen (secondary N) is 2. The van der Waals surface area contributed by atoms with Crippen molar-refractivity contribution < 1.29 is 39.9 Å². The van der Waals surface area contributed by atoms with Gasteiger partial charge in [0.05, 0.1) is 0 Å². The topological polar surface area (TPSA) is 209 Å². The molecule has 0 rings (SSSR count). The zero-order valence-corrected chi connectivity index (χ0v) is 23.4. The number of unbranched alkanes of at least 4 members (excludes halogenated alkanes) is 6. The minimum atomic E-state index is -1.10. The Kier molecular flexibility index (Phi) is 22.1. The second kappa shape index (κ2) is 23.5. The molecular formula is C25H50N6O8. The van der Waals surface area contributed by atoms with Crippen molar-refractivity contribution in [3.63, 3.8) is 0 Å². The van der Waals surface area contributed by atoms with E-state index in [1.807, 2.05) is 0 Å². The quantitative estimate of drug-likeness (QED) is 0.0379. The van der Waals surface area contributed by atoms with Gasteiger partial charge >= 0.3 is 0 Å². The summed E-state index contributed by atoms with van der Waals surface area (Å²) in [4.78, 5) is 46.6. The van der Waals surface area contributed by atoms with Crippen molar-refractivity contribution in [1.82, 2.24) is 25.8 Å². The van der Waals surface area contributed by atoms with Crippen LogP contribution >= 0.6 is 0 Å². The van der Waals surface area contributed by atoms with Crippen LogP contribution in [0, 0.1) is 0 Å². The Balaban J connectivity index is 3.74. The van der Waals surface area contributed by atoms with E-state index in [1.165, 1.54) is 6.92 Å². The third-order valence-electron chi connectivity index (χ3n) is 6.02. The zero-order chi connectivity index (χ0) is 29.5. The number of carbonyl (C=O) groups excluding carboxylic acids is 4. The highest BCUT2D eigenvalue weighted by molar-refractivity contribution is 5.83. The molecule has 4 amide bonds. The summed E-state index contributed by atoms with van der Waals surface area (Å²) in [5.74, 6) is -1.48. The van der Waals surface area contributed by atoms with E-state index in [0.29, 0.717) is 74.8 Å². The highest BCUT2D eigenvalue weighted by Gasteiger charge is 2.15. The lowest BCUT2D eigenvalue weighted by molar-refractivity contribution is -0.198. The van der Waals surface area contributed by atoms with Gasteiger partial charge in [0.25, 0.3) is 0 Å². The van der Waals surface area contributed by atoms with Crippen LogP contribution in [0.5, 0.6) is 0 Å². The molecule has 0 aliphatic rings. The Morgan fingerprint density at radius 2 is 1.21 bits per heavy atom. The number of amides is 4. The first-order valence-electron chi connectivity index (χ1n) is 13.9. The molecule has 0 fully saturated rings. The van der Waals surface area contributed by atoms with E-state index < -0.39 is 18.0 Å². The summed E-state index contributed by atoms with van der Waals surface area (Å²) in [5, 5.41) is 46.3. The van der Waals surface area contributed by atoms with Crippen LogP contribution < -0.4 is 16.4 Å². The first kappa shape index (κ1) is 36.6. The van der Waals surface area contributed by atoms with Gasteiger partial charge in [-0.1, -0.05) is 6.42 Å². The maximum atomic E-state index is 12.0. The minimum absolute atomic E-state index is 0.0340. The van der Waals surface area contributed by atoms with Gasteiger partial charge in [-0.05, 0) is 64.3 Å². The minimum Gasteiger partial charge on any atom is -0.376 e. The van der Waals surface area contributed by atoms with E-state index in [0.717, 1.165) is 24.3 Å². The fourth-order valence-corrected chi connectivity index (χ4v) is 3.54. The highest BCUT2D eigenvalue weighted by atomic mass is 16.5. The number of hydrogen-bond donors (Lipinski definition) is 7. The molecule has 14 nitrogen and oxygen atoms in total. The molecule has 8 N–H and O–H groups in total. The Hall–Kier alpha value is -2.36. The third-order valence-corrected chi connectivity index (χ3v) is 6.02. The zero-order valence-electron chi connectivity index (χ0n) is 23.4. The number of aliphatic hydroxyl groups excluding tert-OH is 1. The molecule has 1 unspecified atom stereocenters. The van der Waals surface area contributed by atoms with Gasteiger partial charge in [0.1, 0.15) is 6.23 Å². The number of hydroxylamine groups is 6. The van der Waals surface area contributed by atoms with Crippen LogP contribution in [0.15, 0.2) is 0 Å². The van der Waals surface area contributed by atoms with Crippen LogP contribution in [0.4, 0.5) is 0 Å². The molecule has 228 valence electrons. The number of nitrogens with zero attached hydrogens (tertiary/aromatic N) is 3. The van der Waals surface area contributed by atoms with E-state index in [1.54, 1.807) is 0 Å². The van der Waals surface area contributed by atoms with Crippen LogP contribution in [-0.2, 0) is 19.2 Å². The molecule has 0 aromatic carbocycles. The summed E-state index contributed by atoms with van der Waals surface area (Å²) in [6.45, 7) is 3.39. The van der Waals surface area contributed by atoms with Crippen molar-refractivity contribution in [2.24, 2.45) is 5.73 Å². The van der Waals surface area contributed by atoms with Crippen molar-refractivity contribution in [1.29, 1.82) is 0 Å². The summed E-state index contributed by atoms with van der Waals surface area (Å²) >= 11 is 0. The van der Waals surface area contributed by atoms with Gasteiger partial charge in [-0.2, -0.15) is 5.06 Å². The molecule has 0 saturated carbocycles. The standard InChI is InChI=1S/C25H50N6O8/c1-21(32)29(37)18-9-3-6-16-27-22(33)12-14-25(36)31(39)20-10-4-7-17-28-23(34)11-13-24(35)30(38)19-8-2-5-15-26/h24,35,37-39H,2-20,26H2,1H3,(H,27,33)(H,28,34). The molecule has 39 heavy (non-hydrogen) atoms. The van der Waals surface area contributed by atoms with Gasteiger partial charge in [0, 0.05) is 58.9 Å². The molecule has 0 aliphatic carbocycles. The summed E-state index contributed by atoms with van der Waals surface area (Å²) in [6, 6.07) is 0. The predicted molar refractivity (Wildman–Crippen MR) is 142 cm³/mol. The number of aliphatic hydroxyl groups is 1. The SMILES string of the molecule is CC(=O)N(O)CCCCCNC(=O)CCC(=O)N(O)CCCCCNC(=O)CCC(O)N(O)CCCCCN. The lowest BCUT2D eigenvalue weighted by Gasteiger charge is -2.21. The molecule has 0 heterocycles. The molecular weight excluding hydrogens is 512 g/mol. The fourth-order valence-electron chi connectivity index (χ4n) is 3.54. The maximum absolute atomic E-state index is 12.0. The highest BCUT2D eigenvalue weighted by Crippen LogP contribution is 2.05. The molecule has 1 atom stereocenters. The molecule has 0 spiro atoms. The van der Waals surface area contributed by atoms with E-state index in [2.05, 4.69) is 10.6 Å². The second-order valence-corrected chi connectivity index (χ2v) is 9.51. The van der Waals surface area contributed by atoms with Gasteiger partial charge in [-0.25, -0.2) is 10.1 Å². The Labute approximate surface area is 231 Å². The number of hydrogen-bond acceptors (Lipinski definition) is 10. The van der Waals surface area contributed by atoms with E-state index in [4.69, 9.17) is 5.73 Å². The molecule has 14 heteroatoms. The number of nitrogens with two attached hydrogens (primary N) is 1. The summed E-state index contributed by atoms with van der Waals surface area (Å²) in [7, 11) is 0. The smallest absolute Gasteiger partial charge is 0.246 e. The van der Waals surface area contributed by atoms with Crippen LogP contribution in [0.25, 0.3) is 0 Å². The summed E-state index contributed by atoms with van der Waals surface area (Å²) in [5.41, 5.74) is 5.41. The van der Waals surface area contributed by atoms with Gasteiger partial charge < -0.3 is 26.7 Å². The van der Waals surface area contributed by atoms with E-state index >= 15 is 0 Å². The number of rotatable bonds is 24. The first-order valence-corrected chi connectivity index (χ1v) is 13.9. The molecule has 0 aliphatic heterocycles. The normalized spacial score (nSPS) is 11.8. The Bertz CT molecular complexity index is 699. The molecule has 0 aromatic heterocycles. The Morgan fingerprint density at radius 3 is 1.77 bits per heavy atom. The first-order chi connectivity index (χ1) is 18.6. The van der Waals surface area contributed by atoms with E-state index in [-0.39, 0.29) is 50.6 Å². The maximum Gasteiger partial charge on any atom is 0.246 e. The molecule has 0 radical (unpaired) electrons. The van der Waals surface area contributed by atoms with E-state index in [9.17, 15) is 39.9 Å². The van der Waals surface area contributed by atoms with Crippen LogP contribution in [-0.4, -0.2) is 105 Å². The lowest BCUT2D eigenvalue weighted by Crippen LogP contribution is -2.34. The van der Waals surface area contributed by atoms with Crippen molar-refractivity contribution >= 4 is 23.6 Å². The van der Waals surface area contributed by atoms with Crippen LogP contribution in [0.1, 0.15) is 90.4 Å².